The number of hydrogen-bond acceptors (Lipinski definition) is 6. The van der Waals surface area contributed by atoms with Gasteiger partial charge in [-0.1, -0.05) is 62.2 Å². The van der Waals surface area contributed by atoms with Crippen molar-refractivity contribution in [1.82, 2.24) is 15.5 Å². The Morgan fingerprint density at radius 1 is 1.00 bits per heavy atom. The van der Waals surface area contributed by atoms with Gasteiger partial charge in [0, 0.05) is 11.4 Å². The monoisotopic (exact) mass is 551 g/mol. The number of aliphatic carboxylic acids is 1. The number of benzene rings is 2. The number of nitrogens with zero attached hydrogens (tertiary/aromatic N) is 1. The van der Waals surface area contributed by atoms with Crippen LogP contribution < -0.4 is 20.1 Å². The summed E-state index contributed by atoms with van der Waals surface area (Å²) < 4.78 is 10.7. The number of rotatable bonds is 13. The lowest BCUT2D eigenvalue weighted by Gasteiger charge is -2.28. The Labute approximate surface area is 231 Å². The lowest BCUT2D eigenvalue weighted by Crippen LogP contribution is -2.51. The second-order valence-corrected chi connectivity index (χ2v) is 10.4. The molecule has 0 saturated carbocycles. The van der Waals surface area contributed by atoms with Crippen LogP contribution in [0.5, 0.6) is 11.5 Å². The molecule has 1 aliphatic rings. The lowest BCUT2D eigenvalue weighted by atomic mass is 10.0. The summed E-state index contributed by atoms with van der Waals surface area (Å²) in [4.78, 5) is 41.4. The number of fused-ring (bicyclic) bond motifs is 1. The molecule has 10 heteroatoms. The van der Waals surface area contributed by atoms with E-state index in [0.29, 0.717) is 36.6 Å². The number of urea groups is 1. The lowest BCUT2D eigenvalue weighted by molar-refractivity contribution is -0.137. The Bertz CT molecular complexity index is 1250. The van der Waals surface area contributed by atoms with E-state index in [0.717, 1.165) is 23.3 Å². The number of carboxylic acid groups (broad SMARTS) is 1. The summed E-state index contributed by atoms with van der Waals surface area (Å²) in [6.07, 6.45) is 1.73. The minimum Gasteiger partial charge on any atom is -0.481 e. The van der Waals surface area contributed by atoms with Crippen molar-refractivity contribution < 1.29 is 29.0 Å². The molecule has 0 saturated heterocycles. The zero-order valence-electron chi connectivity index (χ0n) is 21.8. The highest BCUT2D eigenvalue weighted by atomic mass is 32.1. The number of amides is 3. The number of carboxylic acids is 1. The molecule has 0 spiro atoms. The van der Waals surface area contributed by atoms with Gasteiger partial charge < -0.3 is 30.1 Å². The van der Waals surface area contributed by atoms with Crippen LogP contribution in [0.1, 0.15) is 54.7 Å². The van der Waals surface area contributed by atoms with Gasteiger partial charge in [-0.25, -0.2) is 4.79 Å². The molecular weight excluding hydrogens is 518 g/mol. The van der Waals surface area contributed by atoms with Gasteiger partial charge in [0.2, 0.25) is 12.7 Å². The Morgan fingerprint density at radius 2 is 1.79 bits per heavy atom. The number of carbonyl (C=O) groups excluding carboxylic acids is 2. The van der Waals surface area contributed by atoms with Gasteiger partial charge in [0.15, 0.2) is 11.5 Å². The third kappa shape index (κ3) is 7.97. The average molecular weight is 552 g/mol. The molecule has 39 heavy (non-hydrogen) atoms. The smallest absolute Gasteiger partial charge is 0.315 e. The first-order valence-electron chi connectivity index (χ1n) is 13.0. The van der Waals surface area contributed by atoms with E-state index < -0.39 is 24.1 Å². The van der Waals surface area contributed by atoms with Crippen molar-refractivity contribution in [1.29, 1.82) is 0 Å². The average Bonchev–Trinajstić information content (AvgIpc) is 3.62. The van der Waals surface area contributed by atoms with E-state index in [9.17, 15) is 19.5 Å². The summed E-state index contributed by atoms with van der Waals surface area (Å²) in [5, 5.41) is 17.0. The molecule has 1 aliphatic heterocycles. The largest absolute Gasteiger partial charge is 0.481 e. The number of thiophene rings is 1. The van der Waals surface area contributed by atoms with E-state index in [4.69, 9.17) is 9.47 Å². The Balaban J connectivity index is 1.50. The van der Waals surface area contributed by atoms with Crippen LogP contribution >= 0.6 is 11.3 Å². The van der Waals surface area contributed by atoms with Gasteiger partial charge in [-0.15, -0.1) is 11.3 Å². The molecule has 0 bridgehead atoms. The van der Waals surface area contributed by atoms with Crippen LogP contribution in [0.3, 0.4) is 0 Å². The highest BCUT2D eigenvalue weighted by Gasteiger charge is 2.28. The summed E-state index contributed by atoms with van der Waals surface area (Å²) in [6, 6.07) is 16.5. The molecule has 0 fully saturated rings. The van der Waals surface area contributed by atoms with Crippen molar-refractivity contribution in [2.75, 3.05) is 6.79 Å². The quantitative estimate of drug-likeness (QED) is 0.273. The van der Waals surface area contributed by atoms with E-state index in [1.54, 1.807) is 34.4 Å². The van der Waals surface area contributed by atoms with Crippen LogP contribution in [0.2, 0.25) is 0 Å². The first-order valence-corrected chi connectivity index (χ1v) is 13.8. The molecule has 2 heterocycles. The topological polar surface area (TPSA) is 117 Å². The maximum Gasteiger partial charge on any atom is 0.315 e. The van der Waals surface area contributed by atoms with Gasteiger partial charge in [-0.3, -0.25) is 9.59 Å². The second kappa shape index (κ2) is 13.7. The van der Waals surface area contributed by atoms with E-state index in [1.165, 1.54) is 0 Å². The molecule has 3 amide bonds. The standard InChI is InChI=1S/C29H33N3O6S/c1-2-3-11-23(28(35)32(18-22-10-7-14-39-22)17-20-8-5-4-6-9-20)30-29(36)31-24(16-27(33)34)21-12-13-25-26(15-21)38-19-37-25/h4-10,12-15,23-24H,2-3,11,16-19H2,1H3,(H,33,34)(H2,30,31,36)/t23-,24-/m0/s1. The normalized spacial score (nSPS) is 13.4. The first kappa shape index (κ1) is 28.0. The van der Waals surface area contributed by atoms with E-state index in [1.807, 2.05) is 54.8 Å². The van der Waals surface area contributed by atoms with Crippen molar-refractivity contribution in [3.63, 3.8) is 0 Å². The third-order valence-corrected chi connectivity index (χ3v) is 7.25. The number of unbranched alkanes of at least 4 members (excludes halogenated alkanes) is 1. The maximum atomic E-state index is 13.8. The van der Waals surface area contributed by atoms with Crippen molar-refractivity contribution in [2.45, 2.75) is 57.8 Å². The van der Waals surface area contributed by atoms with Gasteiger partial charge in [-0.2, -0.15) is 0 Å². The molecule has 3 aromatic rings. The molecule has 3 N–H and O–H groups in total. The molecule has 0 radical (unpaired) electrons. The van der Waals surface area contributed by atoms with Crippen molar-refractivity contribution >= 4 is 29.2 Å². The van der Waals surface area contributed by atoms with Crippen LogP contribution in [0, 0.1) is 0 Å². The molecule has 2 aromatic carbocycles. The zero-order chi connectivity index (χ0) is 27.6. The fourth-order valence-corrected chi connectivity index (χ4v) is 5.13. The molecular formula is C29H33N3O6S. The molecule has 4 rings (SSSR count). The van der Waals surface area contributed by atoms with Crippen molar-refractivity contribution in [3.8, 4) is 11.5 Å². The highest BCUT2D eigenvalue weighted by Crippen LogP contribution is 2.34. The van der Waals surface area contributed by atoms with Gasteiger partial charge in [-0.05, 0) is 41.1 Å². The SMILES string of the molecule is CCCC[C@H](NC(=O)N[C@@H](CC(=O)O)c1ccc2c(c1)OCO2)C(=O)N(Cc1ccccc1)Cc1cccs1. The summed E-state index contributed by atoms with van der Waals surface area (Å²) in [5.74, 6) is -0.201. The van der Waals surface area contributed by atoms with Gasteiger partial charge in [0.25, 0.3) is 0 Å². The van der Waals surface area contributed by atoms with E-state index >= 15 is 0 Å². The minimum absolute atomic E-state index is 0.0858. The maximum absolute atomic E-state index is 13.8. The predicted octanol–water partition coefficient (Wildman–Crippen LogP) is 5.08. The summed E-state index contributed by atoms with van der Waals surface area (Å²) in [5.41, 5.74) is 1.56. The van der Waals surface area contributed by atoms with Crippen LogP contribution in [0.15, 0.2) is 66.0 Å². The zero-order valence-corrected chi connectivity index (χ0v) is 22.6. The van der Waals surface area contributed by atoms with Gasteiger partial charge in [0.1, 0.15) is 6.04 Å². The fourth-order valence-electron chi connectivity index (χ4n) is 4.41. The van der Waals surface area contributed by atoms with Gasteiger partial charge >= 0.3 is 12.0 Å². The Morgan fingerprint density at radius 3 is 2.51 bits per heavy atom. The molecule has 9 nitrogen and oxygen atoms in total. The first-order chi connectivity index (χ1) is 18.9. The van der Waals surface area contributed by atoms with Crippen LogP contribution in [-0.2, 0) is 22.7 Å². The molecule has 1 aromatic heterocycles. The summed E-state index contributed by atoms with van der Waals surface area (Å²) in [7, 11) is 0. The summed E-state index contributed by atoms with van der Waals surface area (Å²) >= 11 is 1.57. The number of ether oxygens (including phenoxy) is 2. The Hall–Kier alpha value is -4.05. The van der Waals surface area contributed by atoms with Crippen molar-refractivity contribution in [2.24, 2.45) is 0 Å². The fraction of sp³-hybridized carbons (Fsp3) is 0.345. The molecule has 2 atom stereocenters. The molecule has 0 aliphatic carbocycles. The second-order valence-electron chi connectivity index (χ2n) is 9.34. The number of hydrogen-bond donors (Lipinski definition) is 3. The molecule has 0 unspecified atom stereocenters. The van der Waals surface area contributed by atoms with Crippen LogP contribution in [-0.4, -0.2) is 40.7 Å². The van der Waals surface area contributed by atoms with Crippen molar-refractivity contribution in [3.05, 3.63) is 82.0 Å². The highest BCUT2D eigenvalue weighted by molar-refractivity contribution is 7.09. The van der Waals surface area contributed by atoms with E-state index in [-0.39, 0.29) is 19.1 Å². The third-order valence-electron chi connectivity index (χ3n) is 6.39. The summed E-state index contributed by atoms with van der Waals surface area (Å²) in [6.45, 7) is 2.94. The Kier molecular flexibility index (Phi) is 9.80. The predicted molar refractivity (Wildman–Crippen MR) is 148 cm³/mol. The number of nitrogens with one attached hydrogen (secondary N) is 2. The van der Waals surface area contributed by atoms with E-state index in [2.05, 4.69) is 10.6 Å². The minimum atomic E-state index is -1.07. The van der Waals surface area contributed by atoms with Gasteiger partial charge in [0.05, 0.1) is 19.0 Å². The molecule has 206 valence electrons. The number of carbonyl (C=O) groups is 3. The van der Waals surface area contributed by atoms with Crippen LogP contribution in [0.4, 0.5) is 4.79 Å². The van der Waals surface area contributed by atoms with Crippen LogP contribution in [0.25, 0.3) is 0 Å².